The molecule has 0 aromatic heterocycles. The quantitative estimate of drug-likeness (QED) is 0.274. The summed E-state index contributed by atoms with van der Waals surface area (Å²) in [5.41, 5.74) is 2.48. The van der Waals surface area contributed by atoms with E-state index < -0.39 is 10.9 Å². The van der Waals surface area contributed by atoms with Gasteiger partial charge in [-0.3, -0.25) is 14.9 Å². The zero-order valence-electron chi connectivity index (χ0n) is 15.1. The van der Waals surface area contributed by atoms with Crippen LogP contribution in [0, 0.1) is 17.0 Å². The first-order chi connectivity index (χ1) is 13.5. The van der Waals surface area contributed by atoms with Crippen molar-refractivity contribution in [2.45, 2.75) is 13.5 Å². The molecule has 0 aliphatic rings. The molecule has 6 heteroatoms. The van der Waals surface area contributed by atoms with Gasteiger partial charge in [-0.1, -0.05) is 54.6 Å². The van der Waals surface area contributed by atoms with Crippen LogP contribution in [0.1, 0.15) is 37.4 Å². The van der Waals surface area contributed by atoms with Crippen LogP contribution in [-0.4, -0.2) is 16.7 Å². The maximum Gasteiger partial charge on any atom is 0.338 e. The van der Waals surface area contributed by atoms with E-state index in [1.165, 1.54) is 18.2 Å². The van der Waals surface area contributed by atoms with Crippen LogP contribution < -0.4 is 0 Å². The minimum Gasteiger partial charge on any atom is -0.457 e. The molecule has 28 heavy (non-hydrogen) atoms. The number of rotatable bonds is 6. The second kappa shape index (κ2) is 8.26. The Kier molecular flexibility index (Phi) is 5.60. The summed E-state index contributed by atoms with van der Waals surface area (Å²) in [6, 6.07) is 19.9. The van der Waals surface area contributed by atoms with Crippen molar-refractivity contribution >= 4 is 17.4 Å². The van der Waals surface area contributed by atoms with E-state index in [9.17, 15) is 19.7 Å². The van der Waals surface area contributed by atoms with Gasteiger partial charge in [-0.05, 0) is 24.6 Å². The number of hydrogen-bond acceptors (Lipinski definition) is 5. The van der Waals surface area contributed by atoms with Gasteiger partial charge in [0, 0.05) is 22.8 Å². The van der Waals surface area contributed by atoms with Crippen molar-refractivity contribution in [2.75, 3.05) is 0 Å². The molecular formula is C22H17NO5. The second-order valence-corrected chi connectivity index (χ2v) is 6.23. The van der Waals surface area contributed by atoms with E-state index in [1.54, 1.807) is 55.5 Å². The lowest BCUT2D eigenvalue weighted by Crippen LogP contribution is -2.06. The van der Waals surface area contributed by atoms with Crippen molar-refractivity contribution in [3.8, 4) is 0 Å². The molecule has 0 atom stereocenters. The highest BCUT2D eigenvalue weighted by molar-refractivity contribution is 6.08. The third-order valence-electron chi connectivity index (χ3n) is 4.25. The van der Waals surface area contributed by atoms with Crippen molar-refractivity contribution in [2.24, 2.45) is 0 Å². The molecule has 0 fully saturated rings. The maximum absolute atomic E-state index is 12.4. The third-order valence-corrected chi connectivity index (χ3v) is 4.25. The molecule has 0 spiro atoms. The summed E-state index contributed by atoms with van der Waals surface area (Å²) in [5, 5.41) is 10.8. The van der Waals surface area contributed by atoms with E-state index in [4.69, 9.17) is 4.74 Å². The lowest BCUT2D eigenvalue weighted by atomic mass is 10.0. The number of aryl methyl sites for hydroxylation is 1. The van der Waals surface area contributed by atoms with Crippen LogP contribution in [-0.2, 0) is 11.3 Å². The standard InChI is InChI=1S/C22H17NO5/c1-15-13-19(11-12-20(15)23(26)27)22(25)28-14-16-7-9-18(10-8-16)21(24)17-5-3-2-4-6-17/h2-13H,14H2,1H3. The SMILES string of the molecule is Cc1cc(C(=O)OCc2ccc(C(=O)c3ccccc3)cc2)ccc1[N+](=O)[O-]. The van der Waals surface area contributed by atoms with Crippen molar-refractivity contribution in [1.29, 1.82) is 0 Å². The predicted molar refractivity (Wildman–Crippen MR) is 103 cm³/mol. The number of nitro groups is 1. The zero-order chi connectivity index (χ0) is 20.1. The lowest BCUT2D eigenvalue weighted by molar-refractivity contribution is -0.385. The van der Waals surface area contributed by atoms with E-state index in [0.29, 0.717) is 16.7 Å². The van der Waals surface area contributed by atoms with Gasteiger partial charge in [-0.2, -0.15) is 0 Å². The molecule has 0 unspecified atom stereocenters. The Morgan fingerprint density at radius 1 is 0.893 bits per heavy atom. The number of carbonyl (C=O) groups is 2. The fourth-order valence-electron chi connectivity index (χ4n) is 2.73. The molecule has 0 aliphatic carbocycles. The first-order valence-electron chi connectivity index (χ1n) is 8.56. The maximum atomic E-state index is 12.4. The number of carbonyl (C=O) groups excluding carboxylic acids is 2. The predicted octanol–water partition coefficient (Wildman–Crippen LogP) is 4.49. The Morgan fingerprint density at radius 3 is 2.11 bits per heavy atom. The number of nitrogens with zero attached hydrogens (tertiary/aromatic N) is 1. The average molecular weight is 375 g/mol. The Bertz CT molecular complexity index is 1030. The van der Waals surface area contributed by atoms with Crippen LogP contribution >= 0.6 is 0 Å². The Morgan fingerprint density at radius 2 is 1.50 bits per heavy atom. The van der Waals surface area contributed by atoms with Crippen molar-refractivity contribution in [1.82, 2.24) is 0 Å². The molecule has 0 bridgehead atoms. The molecule has 3 aromatic rings. The summed E-state index contributed by atoms with van der Waals surface area (Å²) in [7, 11) is 0. The highest BCUT2D eigenvalue weighted by Crippen LogP contribution is 2.19. The number of hydrogen-bond donors (Lipinski definition) is 0. The van der Waals surface area contributed by atoms with Crippen LogP contribution in [0.2, 0.25) is 0 Å². The fourth-order valence-corrected chi connectivity index (χ4v) is 2.73. The van der Waals surface area contributed by atoms with Crippen LogP contribution in [0.4, 0.5) is 5.69 Å². The summed E-state index contributed by atoms with van der Waals surface area (Å²) in [5.74, 6) is -0.645. The summed E-state index contributed by atoms with van der Waals surface area (Å²) >= 11 is 0. The van der Waals surface area contributed by atoms with Crippen molar-refractivity contribution < 1.29 is 19.2 Å². The molecular weight excluding hydrogens is 358 g/mol. The normalized spacial score (nSPS) is 10.3. The minimum atomic E-state index is -0.567. The monoisotopic (exact) mass is 375 g/mol. The molecule has 0 heterocycles. The summed E-state index contributed by atoms with van der Waals surface area (Å²) in [6.45, 7) is 1.60. The van der Waals surface area contributed by atoms with Gasteiger partial charge in [-0.15, -0.1) is 0 Å². The molecule has 3 aromatic carbocycles. The first kappa shape index (κ1) is 19.0. The Balaban J connectivity index is 1.63. The molecule has 6 nitrogen and oxygen atoms in total. The molecule has 3 rings (SSSR count). The van der Waals surface area contributed by atoms with E-state index in [-0.39, 0.29) is 23.6 Å². The number of ketones is 1. The van der Waals surface area contributed by atoms with Crippen LogP contribution in [0.25, 0.3) is 0 Å². The van der Waals surface area contributed by atoms with E-state index in [1.807, 2.05) is 6.07 Å². The largest absolute Gasteiger partial charge is 0.457 e. The molecule has 0 N–H and O–H groups in total. The van der Waals surface area contributed by atoms with Gasteiger partial charge in [-0.25, -0.2) is 4.79 Å². The third kappa shape index (κ3) is 4.29. The van der Waals surface area contributed by atoms with Crippen molar-refractivity contribution in [3.05, 3.63) is 111 Å². The lowest BCUT2D eigenvalue weighted by Gasteiger charge is -2.07. The average Bonchev–Trinajstić information content (AvgIpc) is 2.72. The molecule has 0 saturated carbocycles. The molecule has 0 amide bonds. The van der Waals surface area contributed by atoms with Crippen LogP contribution in [0.5, 0.6) is 0 Å². The van der Waals surface area contributed by atoms with Gasteiger partial charge in [0.25, 0.3) is 5.69 Å². The topological polar surface area (TPSA) is 86.5 Å². The minimum absolute atomic E-state index is 0.0364. The molecule has 0 saturated heterocycles. The Hall–Kier alpha value is -3.80. The number of ether oxygens (including phenoxy) is 1. The van der Waals surface area contributed by atoms with Crippen LogP contribution in [0.3, 0.4) is 0 Å². The summed E-state index contributed by atoms with van der Waals surface area (Å²) in [4.78, 5) is 34.9. The first-order valence-corrected chi connectivity index (χ1v) is 8.56. The molecule has 0 radical (unpaired) electrons. The summed E-state index contributed by atoms with van der Waals surface area (Å²) in [6.07, 6.45) is 0. The van der Waals surface area contributed by atoms with E-state index in [2.05, 4.69) is 0 Å². The fraction of sp³-hybridized carbons (Fsp3) is 0.0909. The van der Waals surface area contributed by atoms with Gasteiger partial charge in [0.15, 0.2) is 5.78 Å². The number of nitro benzene ring substituents is 1. The smallest absolute Gasteiger partial charge is 0.338 e. The van der Waals surface area contributed by atoms with Gasteiger partial charge < -0.3 is 4.74 Å². The zero-order valence-corrected chi connectivity index (χ0v) is 15.1. The number of benzene rings is 3. The Labute approximate surface area is 161 Å². The van der Waals surface area contributed by atoms with Gasteiger partial charge in [0.1, 0.15) is 6.61 Å². The van der Waals surface area contributed by atoms with Crippen molar-refractivity contribution in [3.63, 3.8) is 0 Å². The van der Waals surface area contributed by atoms with Gasteiger partial charge in [0.05, 0.1) is 10.5 Å². The van der Waals surface area contributed by atoms with Gasteiger partial charge >= 0.3 is 5.97 Å². The summed E-state index contributed by atoms with van der Waals surface area (Å²) < 4.78 is 5.26. The highest BCUT2D eigenvalue weighted by atomic mass is 16.6. The molecule has 140 valence electrons. The van der Waals surface area contributed by atoms with Crippen LogP contribution in [0.15, 0.2) is 72.8 Å². The highest BCUT2D eigenvalue weighted by Gasteiger charge is 2.15. The molecule has 0 aliphatic heterocycles. The number of esters is 1. The van der Waals surface area contributed by atoms with E-state index in [0.717, 1.165) is 5.56 Å². The van der Waals surface area contributed by atoms with E-state index >= 15 is 0 Å². The van der Waals surface area contributed by atoms with Gasteiger partial charge in [0.2, 0.25) is 0 Å². The second-order valence-electron chi connectivity index (χ2n) is 6.23.